The maximum atomic E-state index is 10.9. The van der Waals surface area contributed by atoms with Crippen molar-refractivity contribution < 1.29 is 14.3 Å². The van der Waals surface area contributed by atoms with E-state index < -0.39 is 5.97 Å². The second-order valence-corrected chi connectivity index (χ2v) is 5.94. The molecule has 2 aromatic rings. The number of para-hydroxylation sites is 1. The molecule has 0 amide bonds. The van der Waals surface area contributed by atoms with E-state index in [0.717, 1.165) is 55.5 Å². The Morgan fingerprint density at radius 1 is 1.24 bits per heavy atom. The Balaban J connectivity index is 1.45. The van der Waals surface area contributed by atoms with Gasteiger partial charge in [0.1, 0.15) is 11.3 Å². The lowest BCUT2D eigenvalue weighted by Gasteiger charge is -2.26. The van der Waals surface area contributed by atoms with Crippen LogP contribution in [0.1, 0.15) is 31.4 Å². The molecule has 0 radical (unpaired) electrons. The van der Waals surface area contributed by atoms with Crippen molar-refractivity contribution in [1.29, 1.82) is 0 Å². The Bertz CT molecular complexity index is 578. The molecule has 0 bridgehead atoms. The fourth-order valence-corrected chi connectivity index (χ4v) is 3.14. The zero-order valence-corrected chi connectivity index (χ0v) is 12.0. The van der Waals surface area contributed by atoms with Gasteiger partial charge in [-0.3, -0.25) is 4.79 Å². The summed E-state index contributed by atoms with van der Waals surface area (Å²) in [7, 11) is 0. The summed E-state index contributed by atoms with van der Waals surface area (Å²) in [6, 6.07) is 10.1. The van der Waals surface area contributed by atoms with Crippen molar-refractivity contribution in [2.24, 2.45) is 11.8 Å². The summed E-state index contributed by atoms with van der Waals surface area (Å²) in [6.45, 7) is 1.66. The molecule has 4 heteroatoms. The van der Waals surface area contributed by atoms with Crippen LogP contribution in [0, 0.1) is 11.8 Å². The summed E-state index contributed by atoms with van der Waals surface area (Å²) < 4.78 is 5.77. The second kappa shape index (κ2) is 6.31. The summed E-state index contributed by atoms with van der Waals surface area (Å²) in [6.07, 6.45) is 3.63. The quantitative estimate of drug-likeness (QED) is 0.884. The predicted octanol–water partition coefficient (Wildman–Crippen LogP) is 3.41. The van der Waals surface area contributed by atoms with Crippen LogP contribution in [0.4, 0.5) is 0 Å². The number of benzene rings is 1. The first-order valence-electron chi connectivity index (χ1n) is 7.63. The van der Waals surface area contributed by atoms with E-state index in [9.17, 15) is 4.79 Å². The van der Waals surface area contributed by atoms with Gasteiger partial charge in [-0.25, -0.2) is 0 Å². The summed E-state index contributed by atoms with van der Waals surface area (Å²) in [5.74, 6) is 0.778. The van der Waals surface area contributed by atoms with E-state index in [1.807, 2.05) is 18.2 Å². The van der Waals surface area contributed by atoms with E-state index in [2.05, 4.69) is 17.4 Å². The molecule has 1 fully saturated rings. The lowest BCUT2D eigenvalue weighted by atomic mass is 9.82. The van der Waals surface area contributed by atoms with Gasteiger partial charge in [0.05, 0.1) is 12.5 Å². The summed E-state index contributed by atoms with van der Waals surface area (Å²) in [4.78, 5) is 10.9. The van der Waals surface area contributed by atoms with Crippen LogP contribution in [-0.2, 0) is 11.3 Å². The lowest BCUT2D eigenvalue weighted by Crippen LogP contribution is -2.28. The maximum absolute atomic E-state index is 10.9. The third kappa shape index (κ3) is 3.45. The lowest BCUT2D eigenvalue weighted by molar-refractivity contribution is -0.143. The van der Waals surface area contributed by atoms with Crippen molar-refractivity contribution >= 4 is 16.9 Å². The van der Waals surface area contributed by atoms with Gasteiger partial charge in [-0.1, -0.05) is 18.2 Å². The van der Waals surface area contributed by atoms with E-state index in [1.165, 1.54) is 0 Å². The van der Waals surface area contributed by atoms with Gasteiger partial charge >= 0.3 is 5.97 Å². The number of nitrogens with one attached hydrogen (secondary N) is 1. The van der Waals surface area contributed by atoms with Gasteiger partial charge in [0, 0.05) is 5.39 Å². The van der Waals surface area contributed by atoms with Crippen molar-refractivity contribution in [3.05, 3.63) is 36.1 Å². The van der Waals surface area contributed by atoms with Crippen LogP contribution < -0.4 is 5.32 Å². The second-order valence-electron chi connectivity index (χ2n) is 5.94. The Morgan fingerprint density at radius 3 is 2.71 bits per heavy atom. The molecular formula is C17H21NO3. The Kier molecular flexibility index (Phi) is 4.25. The molecule has 2 N–H and O–H groups in total. The van der Waals surface area contributed by atoms with Crippen molar-refractivity contribution in [3.8, 4) is 0 Å². The third-order valence-electron chi connectivity index (χ3n) is 4.40. The van der Waals surface area contributed by atoms with Crippen LogP contribution >= 0.6 is 0 Å². The normalized spacial score (nSPS) is 22.5. The molecule has 0 aliphatic heterocycles. The van der Waals surface area contributed by atoms with Crippen molar-refractivity contribution in [3.63, 3.8) is 0 Å². The zero-order chi connectivity index (χ0) is 14.7. The molecule has 3 rings (SSSR count). The van der Waals surface area contributed by atoms with E-state index in [-0.39, 0.29) is 5.92 Å². The number of aliphatic carboxylic acids is 1. The van der Waals surface area contributed by atoms with Crippen LogP contribution in [0.15, 0.2) is 34.7 Å². The van der Waals surface area contributed by atoms with Gasteiger partial charge < -0.3 is 14.8 Å². The van der Waals surface area contributed by atoms with Crippen LogP contribution in [0.3, 0.4) is 0 Å². The Labute approximate surface area is 124 Å². The molecule has 21 heavy (non-hydrogen) atoms. The van der Waals surface area contributed by atoms with E-state index >= 15 is 0 Å². The van der Waals surface area contributed by atoms with Crippen molar-refractivity contribution in [1.82, 2.24) is 5.32 Å². The molecular weight excluding hydrogens is 266 g/mol. The smallest absolute Gasteiger partial charge is 0.306 e. The summed E-state index contributed by atoms with van der Waals surface area (Å²) in [5.41, 5.74) is 0.927. The van der Waals surface area contributed by atoms with Crippen LogP contribution in [-0.4, -0.2) is 17.6 Å². The van der Waals surface area contributed by atoms with Gasteiger partial charge in [0.25, 0.3) is 0 Å². The van der Waals surface area contributed by atoms with Gasteiger partial charge in [0.15, 0.2) is 0 Å². The van der Waals surface area contributed by atoms with Crippen molar-refractivity contribution in [2.75, 3.05) is 6.54 Å². The largest absolute Gasteiger partial charge is 0.481 e. The summed E-state index contributed by atoms with van der Waals surface area (Å²) in [5, 5.41) is 13.6. The van der Waals surface area contributed by atoms with Crippen LogP contribution in [0.5, 0.6) is 0 Å². The number of fused-ring (bicyclic) bond motifs is 1. The van der Waals surface area contributed by atoms with Gasteiger partial charge in [-0.2, -0.15) is 0 Å². The fraction of sp³-hybridized carbons (Fsp3) is 0.471. The number of carboxylic acid groups (broad SMARTS) is 1. The first-order chi connectivity index (χ1) is 10.2. The van der Waals surface area contributed by atoms with Gasteiger partial charge in [-0.05, 0) is 50.3 Å². The SMILES string of the molecule is O=C(O)C1CCC(CNCc2cc3ccccc3o2)CC1. The van der Waals surface area contributed by atoms with Gasteiger partial charge in [0.2, 0.25) is 0 Å². The Morgan fingerprint density at radius 2 is 2.00 bits per heavy atom. The van der Waals surface area contributed by atoms with Crippen molar-refractivity contribution in [2.45, 2.75) is 32.2 Å². The maximum Gasteiger partial charge on any atom is 0.306 e. The standard InChI is InChI=1S/C17H21NO3/c19-17(20)13-7-5-12(6-8-13)10-18-11-15-9-14-3-1-2-4-16(14)21-15/h1-4,9,12-13,18H,5-8,10-11H2,(H,19,20). The average molecular weight is 287 g/mol. The number of carboxylic acids is 1. The van der Waals surface area contributed by atoms with E-state index in [4.69, 9.17) is 9.52 Å². The van der Waals surface area contributed by atoms with Crippen LogP contribution in [0.25, 0.3) is 11.0 Å². The molecule has 1 aliphatic rings. The molecule has 1 saturated carbocycles. The highest BCUT2D eigenvalue weighted by molar-refractivity contribution is 5.77. The third-order valence-corrected chi connectivity index (χ3v) is 4.40. The minimum Gasteiger partial charge on any atom is -0.481 e. The number of hydrogen-bond donors (Lipinski definition) is 2. The molecule has 112 valence electrons. The molecule has 4 nitrogen and oxygen atoms in total. The zero-order valence-electron chi connectivity index (χ0n) is 12.0. The minimum atomic E-state index is -0.635. The number of furan rings is 1. The number of carbonyl (C=O) groups is 1. The molecule has 0 saturated heterocycles. The monoisotopic (exact) mass is 287 g/mol. The Hall–Kier alpha value is -1.81. The highest BCUT2D eigenvalue weighted by atomic mass is 16.4. The molecule has 0 unspecified atom stereocenters. The summed E-state index contributed by atoms with van der Waals surface area (Å²) >= 11 is 0. The minimum absolute atomic E-state index is 0.128. The fourth-order valence-electron chi connectivity index (χ4n) is 3.14. The van der Waals surface area contributed by atoms with Gasteiger partial charge in [-0.15, -0.1) is 0 Å². The molecule has 1 aliphatic carbocycles. The highest BCUT2D eigenvalue weighted by Crippen LogP contribution is 2.28. The number of rotatable bonds is 5. The predicted molar refractivity (Wildman–Crippen MR) is 81.0 cm³/mol. The molecule has 1 aromatic carbocycles. The molecule has 1 heterocycles. The molecule has 0 atom stereocenters. The number of hydrogen-bond acceptors (Lipinski definition) is 3. The molecule has 0 spiro atoms. The van der Waals surface area contributed by atoms with Crippen LogP contribution in [0.2, 0.25) is 0 Å². The van der Waals surface area contributed by atoms with E-state index in [0.29, 0.717) is 5.92 Å². The highest BCUT2D eigenvalue weighted by Gasteiger charge is 2.25. The average Bonchev–Trinajstić information content (AvgIpc) is 2.90. The first-order valence-corrected chi connectivity index (χ1v) is 7.63. The topological polar surface area (TPSA) is 62.5 Å². The first kappa shape index (κ1) is 14.1. The van der Waals surface area contributed by atoms with E-state index in [1.54, 1.807) is 0 Å². The molecule has 1 aromatic heterocycles.